The standard InChI is InChI=1S/C15H18N2O4/c1-2-17-14(19)12-10(7-6-9-4-3-5-9)8-11(18)21-13(12)16-15(17)20/h8-9H,2-7H2,1H3,(H,16,20). The second kappa shape index (κ2) is 5.35. The van der Waals surface area contributed by atoms with Crippen molar-refractivity contribution < 1.29 is 4.42 Å². The Morgan fingerprint density at radius 3 is 2.71 bits per heavy atom. The number of hydrogen-bond donors (Lipinski definition) is 1. The molecule has 1 fully saturated rings. The molecule has 1 aliphatic rings. The number of fused-ring (bicyclic) bond motifs is 1. The van der Waals surface area contributed by atoms with Crippen LogP contribution in [-0.2, 0) is 13.0 Å². The number of hydrogen-bond acceptors (Lipinski definition) is 4. The molecule has 6 heteroatoms. The lowest BCUT2D eigenvalue weighted by Gasteiger charge is -2.25. The number of nitrogens with one attached hydrogen (secondary N) is 1. The van der Waals surface area contributed by atoms with Crippen LogP contribution in [0.2, 0.25) is 0 Å². The first-order chi connectivity index (χ1) is 10.1. The molecule has 1 saturated carbocycles. The summed E-state index contributed by atoms with van der Waals surface area (Å²) in [5.74, 6) is 0.684. The van der Waals surface area contributed by atoms with E-state index < -0.39 is 11.3 Å². The molecule has 0 saturated heterocycles. The Hall–Kier alpha value is -2.11. The second-order valence-corrected chi connectivity index (χ2v) is 5.61. The number of rotatable bonds is 4. The summed E-state index contributed by atoms with van der Waals surface area (Å²) in [6.07, 6.45) is 5.32. The Bertz CT molecular complexity index is 839. The van der Waals surface area contributed by atoms with E-state index in [9.17, 15) is 14.4 Å². The van der Waals surface area contributed by atoms with Crippen molar-refractivity contribution in [2.24, 2.45) is 5.92 Å². The molecule has 0 radical (unpaired) electrons. The predicted molar refractivity (Wildman–Crippen MR) is 78.7 cm³/mol. The lowest BCUT2D eigenvalue weighted by atomic mass is 9.81. The fourth-order valence-corrected chi connectivity index (χ4v) is 2.88. The monoisotopic (exact) mass is 290 g/mol. The molecular weight excluding hydrogens is 272 g/mol. The van der Waals surface area contributed by atoms with Gasteiger partial charge in [0, 0.05) is 12.6 Å². The van der Waals surface area contributed by atoms with Gasteiger partial charge in [0.05, 0.1) is 0 Å². The normalized spacial score (nSPS) is 15.3. The molecule has 2 aromatic heterocycles. The van der Waals surface area contributed by atoms with Gasteiger partial charge in [0.1, 0.15) is 5.39 Å². The lowest BCUT2D eigenvalue weighted by Crippen LogP contribution is -2.35. The van der Waals surface area contributed by atoms with E-state index in [0.717, 1.165) is 11.0 Å². The van der Waals surface area contributed by atoms with Crippen molar-refractivity contribution in [2.75, 3.05) is 0 Å². The topological polar surface area (TPSA) is 85.1 Å². The van der Waals surface area contributed by atoms with Crippen molar-refractivity contribution >= 4 is 11.1 Å². The zero-order chi connectivity index (χ0) is 15.0. The highest BCUT2D eigenvalue weighted by Gasteiger charge is 2.19. The fraction of sp³-hybridized carbons (Fsp3) is 0.533. The first-order valence-corrected chi connectivity index (χ1v) is 7.40. The van der Waals surface area contributed by atoms with Crippen LogP contribution in [0.15, 0.2) is 24.9 Å². The molecule has 0 spiro atoms. The van der Waals surface area contributed by atoms with Crippen molar-refractivity contribution in [1.29, 1.82) is 0 Å². The van der Waals surface area contributed by atoms with E-state index in [4.69, 9.17) is 4.42 Å². The molecule has 2 aromatic rings. The third kappa shape index (κ3) is 2.46. The Morgan fingerprint density at radius 1 is 1.33 bits per heavy atom. The van der Waals surface area contributed by atoms with Gasteiger partial charge in [-0.25, -0.2) is 9.59 Å². The molecule has 0 amide bonds. The van der Waals surface area contributed by atoms with Gasteiger partial charge < -0.3 is 4.42 Å². The summed E-state index contributed by atoms with van der Waals surface area (Å²) in [6.45, 7) is 2.01. The summed E-state index contributed by atoms with van der Waals surface area (Å²) < 4.78 is 6.11. The highest BCUT2D eigenvalue weighted by atomic mass is 16.4. The quantitative estimate of drug-likeness (QED) is 0.922. The third-order valence-corrected chi connectivity index (χ3v) is 4.33. The van der Waals surface area contributed by atoms with Crippen LogP contribution in [0, 0.1) is 5.92 Å². The SMILES string of the molecule is CCn1c(=O)[nH]c2oc(=O)cc(CCC3CCC3)c2c1=O. The number of aromatic amines is 1. The van der Waals surface area contributed by atoms with Crippen molar-refractivity contribution in [3.63, 3.8) is 0 Å². The molecule has 21 heavy (non-hydrogen) atoms. The zero-order valence-corrected chi connectivity index (χ0v) is 12.0. The Balaban J connectivity index is 2.15. The minimum absolute atomic E-state index is 0.00851. The number of aromatic nitrogens is 2. The molecule has 6 nitrogen and oxygen atoms in total. The largest absolute Gasteiger partial charge is 0.405 e. The maximum Gasteiger partial charge on any atom is 0.337 e. The molecule has 0 unspecified atom stereocenters. The van der Waals surface area contributed by atoms with Gasteiger partial charge in [-0.15, -0.1) is 0 Å². The molecule has 0 bridgehead atoms. The maximum atomic E-state index is 12.4. The van der Waals surface area contributed by atoms with Gasteiger partial charge in [-0.1, -0.05) is 19.3 Å². The van der Waals surface area contributed by atoms with Gasteiger partial charge in [-0.2, -0.15) is 0 Å². The maximum absolute atomic E-state index is 12.4. The van der Waals surface area contributed by atoms with E-state index >= 15 is 0 Å². The minimum Gasteiger partial charge on any atom is -0.405 e. The number of nitrogens with zero attached hydrogens (tertiary/aromatic N) is 1. The van der Waals surface area contributed by atoms with Crippen LogP contribution in [0.4, 0.5) is 0 Å². The molecule has 3 rings (SSSR count). The van der Waals surface area contributed by atoms with Gasteiger partial charge in [0.15, 0.2) is 0 Å². The Kier molecular flexibility index (Phi) is 3.53. The van der Waals surface area contributed by atoms with E-state index in [1.807, 2.05) is 0 Å². The summed E-state index contributed by atoms with van der Waals surface area (Å²) in [5.41, 5.74) is -0.796. The second-order valence-electron chi connectivity index (χ2n) is 5.61. The van der Waals surface area contributed by atoms with Crippen molar-refractivity contribution in [3.8, 4) is 0 Å². The molecule has 0 aliphatic heterocycles. The van der Waals surface area contributed by atoms with Crippen LogP contribution >= 0.6 is 0 Å². The van der Waals surface area contributed by atoms with Gasteiger partial charge in [0.25, 0.3) is 5.56 Å². The average Bonchev–Trinajstić information content (AvgIpc) is 2.36. The summed E-state index contributed by atoms with van der Waals surface area (Å²) in [7, 11) is 0. The van der Waals surface area contributed by atoms with E-state index in [1.165, 1.54) is 25.3 Å². The first-order valence-electron chi connectivity index (χ1n) is 7.40. The van der Waals surface area contributed by atoms with E-state index in [2.05, 4.69) is 4.98 Å². The van der Waals surface area contributed by atoms with Gasteiger partial charge >= 0.3 is 11.3 Å². The average molecular weight is 290 g/mol. The van der Waals surface area contributed by atoms with Crippen molar-refractivity contribution in [3.05, 3.63) is 42.9 Å². The summed E-state index contributed by atoms with van der Waals surface area (Å²) in [6, 6.07) is 1.38. The smallest absolute Gasteiger partial charge is 0.337 e. The number of aryl methyl sites for hydroxylation is 1. The minimum atomic E-state index is -0.547. The van der Waals surface area contributed by atoms with Crippen molar-refractivity contribution in [2.45, 2.75) is 45.6 Å². The van der Waals surface area contributed by atoms with Crippen LogP contribution in [-0.4, -0.2) is 9.55 Å². The molecular formula is C15H18N2O4. The van der Waals surface area contributed by atoms with Gasteiger partial charge in [0.2, 0.25) is 5.71 Å². The zero-order valence-electron chi connectivity index (χ0n) is 12.0. The summed E-state index contributed by atoms with van der Waals surface area (Å²) in [5, 5.41) is 0.329. The fourth-order valence-electron chi connectivity index (χ4n) is 2.88. The Morgan fingerprint density at radius 2 is 2.10 bits per heavy atom. The first kappa shape index (κ1) is 13.9. The van der Waals surface area contributed by atoms with Crippen molar-refractivity contribution in [1.82, 2.24) is 9.55 Å². The van der Waals surface area contributed by atoms with E-state index in [-0.39, 0.29) is 17.8 Å². The summed E-state index contributed by atoms with van der Waals surface area (Å²) >= 11 is 0. The van der Waals surface area contributed by atoms with Crippen LogP contribution in [0.5, 0.6) is 0 Å². The highest BCUT2D eigenvalue weighted by Crippen LogP contribution is 2.30. The molecule has 112 valence electrons. The number of H-pyrrole nitrogens is 1. The van der Waals surface area contributed by atoms with Crippen LogP contribution in [0.3, 0.4) is 0 Å². The summed E-state index contributed by atoms with van der Waals surface area (Å²) in [4.78, 5) is 38.3. The van der Waals surface area contributed by atoms with E-state index in [0.29, 0.717) is 23.3 Å². The van der Waals surface area contributed by atoms with Crippen LogP contribution < -0.4 is 16.9 Å². The molecule has 1 aliphatic carbocycles. The molecule has 0 atom stereocenters. The highest BCUT2D eigenvalue weighted by molar-refractivity contribution is 5.75. The molecule has 2 heterocycles. The van der Waals surface area contributed by atoms with Gasteiger partial charge in [-0.05, 0) is 31.2 Å². The van der Waals surface area contributed by atoms with E-state index in [1.54, 1.807) is 6.92 Å². The molecule has 1 N–H and O–H groups in total. The van der Waals surface area contributed by atoms with Gasteiger partial charge in [-0.3, -0.25) is 14.3 Å². The lowest BCUT2D eigenvalue weighted by molar-refractivity contribution is 0.296. The van der Waals surface area contributed by atoms with Crippen LogP contribution in [0.25, 0.3) is 11.1 Å². The third-order valence-electron chi connectivity index (χ3n) is 4.33. The van der Waals surface area contributed by atoms with Crippen LogP contribution in [0.1, 0.15) is 38.2 Å². The predicted octanol–water partition coefficient (Wildman–Crippen LogP) is 1.40. The Labute approximate surface area is 120 Å². The molecule has 0 aromatic carbocycles.